The van der Waals surface area contributed by atoms with Crippen molar-refractivity contribution in [1.82, 2.24) is 15.2 Å². The van der Waals surface area contributed by atoms with Crippen molar-refractivity contribution < 1.29 is 9.90 Å². The van der Waals surface area contributed by atoms with Crippen molar-refractivity contribution in [2.75, 3.05) is 5.32 Å². The molecule has 1 amide bonds. The van der Waals surface area contributed by atoms with E-state index in [9.17, 15) is 9.90 Å². The molecule has 0 aliphatic heterocycles. The predicted molar refractivity (Wildman–Crippen MR) is 76.1 cm³/mol. The van der Waals surface area contributed by atoms with Crippen LogP contribution < -0.4 is 5.32 Å². The van der Waals surface area contributed by atoms with Gasteiger partial charge in [-0.1, -0.05) is 12.1 Å². The van der Waals surface area contributed by atoms with Gasteiger partial charge >= 0.3 is 0 Å². The third kappa shape index (κ3) is 3.64. The molecular weight excluding hydrogens is 256 g/mol. The molecule has 106 valence electrons. The fourth-order valence-electron chi connectivity index (χ4n) is 1.80. The standard InChI is InChI=1S/C14H18N4O2/c1-9(19)7-8-13(20)16-12-6-4-3-5-11(12)14-15-10(2)17-18-14/h3-6,9,19H,7-8H2,1-2H3,(H,16,20)(H,15,17,18). The molecule has 1 atom stereocenters. The lowest BCUT2D eigenvalue weighted by molar-refractivity contribution is -0.116. The number of benzene rings is 1. The minimum absolute atomic E-state index is 0.134. The van der Waals surface area contributed by atoms with Gasteiger partial charge in [-0.2, -0.15) is 5.10 Å². The van der Waals surface area contributed by atoms with Crippen LogP contribution in [0.3, 0.4) is 0 Å². The Balaban J connectivity index is 2.14. The second kappa shape index (κ2) is 6.29. The van der Waals surface area contributed by atoms with E-state index in [2.05, 4.69) is 20.5 Å². The summed E-state index contributed by atoms with van der Waals surface area (Å²) in [5.74, 6) is 1.13. The molecule has 6 heteroatoms. The first-order chi connectivity index (χ1) is 9.56. The van der Waals surface area contributed by atoms with Crippen LogP contribution >= 0.6 is 0 Å². The monoisotopic (exact) mass is 274 g/mol. The average Bonchev–Trinajstić information content (AvgIpc) is 2.83. The van der Waals surface area contributed by atoms with Gasteiger partial charge in [-0.3, -0.25) is 9.89 Å². The number of para-hydroxylation sites is 1. The maximum Gasteiger partial charge on any atom is 0.224 e. The van der Waals surface area contributed by atoms with E-state index in [4.69, 9.17) is 0 Å². The van der Waals surface area contributed by atoms with Crippen molar-refractivity contribution in [2.45, 2.75) is 32.8 Å². The van der Waals surface area contributed by atoms with Crippen molar-refractivity contribution in [2.24, 2.45) is 0 Å². The van der Waals surface area contributed by atoms with Crippen molar-refractivity contribution in [1.29, 1.82) is 0 Å². The number of carbonyl (C=O) groups excluding carboxylic acids is 1. The Morgan fingerprint density at radius 3 is 2.85 bits per heavy atom. The Labute approximate surface area is 117 Å². The SMILES string of the molecule is Cc1nc(-c2ccccc2NC(=O)CCC(C)O)n[nH]1. The number of H-pyrrole nitrogens is 1. The lowest BCUT2D eigenvalue weighted by atomic mass is 10.1. The number of anilines is 1. The zero-order chi connectivity index (χ0) is 14.5. The molecule has 6 nitrogen and oxygen atoms in total. The number of hydrogen-bond acceptors (Lipinski definition) is 4. The number of aromatic amines is 1. The zero-order valence-electron chi connectivity index (χ0n) is 11.6. The summed E-state index contributed by atoms with van der Waals surface area (Å²) in [4.78, 5) is 16.1. The summed E-state index contributed by atoms with van der Waals surface area (Å²) >= 11 is 0. The number of aliphatic hydroxyl groups is 1. The van der Waals surface area contributed by atoms with Gasteiger partial charge in [-0.05, 0) is 32.4 Å². The molecule has 0 bridgehead atoms. The molecule has 0 aliphatic carbocycles. The van der Waals surface area contributed by atoms with Crippen LogP contribution in [0.4, 0.5) is 5.69 Å². The molecule has 0 saturated heterocycles. The fraction of sp³-hybridized carbons (Fsp3) is 0.357. The number of aromatic nitrogens is 3. The van der Waals surface area contributed by atoms with Crippen molar-refractivity contribution in [3.8, 4) is 11.4 Å². The number of nitrogens with one attached hydrogen (secondary N) is 2. The van der Waals surface area contributed by atoms with Gasteiger partial charge in [0.25, 0.3) is 0 Å². The van der Waals surface area contributed by atoms with E-state index < -0.39 is 6.10 Å². The molecule has 0 fully saturated rings. The maximum atomic E-state index is 11.8. The normalized spacial score (nSPS) is 12.2. The van der Waals surface area contributed by atoms with E-state index in [0.717, 1.165) is 11.4 Å². The van der Waals surface area contributed by atoms with Crippen LogP contribution in [0.25, 0.3) is 11.4 Å². The third-order valence-corrected chi connectivity index (χ3v) is 2.83. The second-order valence-corrected chi connectivity index (χ2v) is 4.73. The van der Waals surface area contributed by atoms with Crippen LogP contribution in [-0.2, 0) is 4.79 Å². The molecule has 1 heterocycles. The predicted octanol–water partition coefficient (Wildman–Crippen LogP) is 1.88. The quantitative estimate of drug-likeness (QED) is 0.776. The van der Waals surface area contributed by atoms with E-state index in [1.54, 1.807) is 13.0 Å². The van der Waals surface area contributed by atoms with E-state index in [-0.39, 0.29) is 12.3 Å². The smallest absolute Gasteiger partial charge is 0.224 e. The van der Waals surface area contributed by atoms with Gasteiger partial charge in [0.05, 0.1) is 11.8 Å². The molecule has 0 saturated carbocycles. The molecule has 2 rings (SSSR count). The topological polar surface area (TPSA) is 90.9 Å². The number of aliphatic hydroxyl groups excluding tert-OH is 1. The zero-order valence-corrected chi connectivity index (χ0v) is 11.6. The molecule has 0 radical (unpaired) electrons. The summed E-state index contributed by atoms with van der Waals surface area (Å²) in [6.45, 7) is 3.48. The number of rotatable bonds is 5. The highest BCUT2D eigenvalue weighted by atomic mass is 16.3. The van der Waals surface area contributed by atoms with Gasteiger partial charge in [-0.15, -0.1) is 0 Å². The highest BCUT2D eigenvalue weighted by Gasteiger charge is 2.12. The number of nitrogens with zero attached hydrogens (tertiary/aromatic N) is 2. The lowest BCUT2D eigenvalue weighted by Crippen LogP contribution is -2.14. The largest absolute Gasteiger partial charge is 0.393 e. The average molecular weight is 274 g/mol. The van der Waals surface area contributed by atoms with Crippen LogP contribution in [0.1, 0.15) is 25.6 Å². The van der Waals surface area contributed by atoms with Gasteiger partial charge in [0.1, 0.15) is 5.82 Å². The molecule has 1 aromatic carbocycles. The maximum absolute atomic E-state index is 11.8. The second-order valence-electron chi connectivity index (χ2n) is 4.73. The molecule has 20 heavy (non-hydrogen) atoms. The Hall–Kier alpha value is -2.21. The molecule has 0 aliphatic rings. The Bertz CT molecular complexity index is 592. The van der Waals surface area contributed by atoms with Crippen LogP contribution in [-0.4, -0.2) is 32.3 Å². The van der Waals surface area contributed by atoms with E-state index in [0.29, 0.717) is 17.9 Å². The first-order valence-corrected chi connectivity index (χ1v) is 6.52. The first-order valence-electron chi connectivity index (χ1n) is 6.52. The van der Waals surface area contributed by atoms with E-state index in [1.807, 2.05) is 25.1 Å². The highest BCUT2D eigenvalue weighted by Crippen LogP contribution is 2.24. The molecule has 2 aromatic rings. The molecule has 3 N–H and O–H groups in total. The fourth-order valence-corrected chi connectivity index (χ4v) is 1.80. The van der Waals surface area contributed by atoms with E-state index in [1.165, 1.54) is 0 Å². The van der Waals surface area contributed by atoms with Gasteiger partial charge < -0.3 is 10.4 Å². The Morgan fingerprint density at radius 2 is 2.20 bits per heavy atom. The first kappa shape index (κ1) is 14.2. The Morgan fingerprint density at radius 1 is 1.45 bits per heavy atom. The minimum Gasteiger partial charge on any atom is -0.393 e. The number of amides is 1. The van der Waals surface area contributed by atoms with Crippen LogP contribution in [0.15, 0.2) is 24.3 Å². The molecule has 1 unspecified atom stereocenters. The number of carbonyl (C=O) groups is 1. The third-order valence-electron chi connectivity index (χ3n) is 2.83. The van der Waals surface area contributed by atoms with Crippen LogP contribution in [0.2, 0.25) is 0 Å². The summed E-state index contributed by atoms with van der Waals surface area (Å²) in [6.07, 6.45) is 0.235. The lowest BCUT2D eigenvalue weighted by Gasteiger charge is -2.09. The molecule has 1 aromatic heterocycles. The number of hydrogen-bond donors (Lipinski definition) is 3. The highest BCUT2D eigenvalue weighted by molar-refractivity contribution is 5.94. The van der Waals surface area contributed by atoms with Crippen LogP contribution in [0.5, 0.6) is 0 Å². The molecule has 0 spiro atoms. The summed E-state index contributed by atoms with van der Waals surface area (Å²) in [7, 11) is 0. The summed E-state index contributed by atoms with van der Waals surface area (Å²) in [5.41, 5.74) is 1.43. The summed E-state index contributed by atoms with van der Waals surface area (Å²) < 4.78 is 0. The van der Waals surface area contributed by atoms with Crippen LogP contribution in [0, 0.1) is 6.92 Å². The summed E-state index contributed by atoms with van der Waals surface area (Å²) in [5, 5.41) is 18.9. The van der Waals surface area contributed by atoms with Crippen molar-refractivity contribution in [3.05, 3.63) is 30.1 Å². The van der Waals surface area contributed by atoms with Gasteiger partial charge in [-0.25, -0.2) is 4.98 Å². The van der Waals surface area contributed by atoms with Crippen molar-refractivity contribution in [3.63, 3.8) is 0 Å². The van der Waals surface area contributed by atoms with Crippen molar-refractivity contribution >= 4 is 11.6 Å². The Kier molecular flexibility index (Phi) is 4.47. The van der Waals surface area contributed by atoms with Gasteiger partial charge in [0.15, 0.2) is 5.82 Å². The summed E-state index contributed by atoms with van der Waals surface area (Å²) in [6, 6.07) is 7.37. The number of aryl methyl sites for hydroxylation is 1. The van der Waals surface area contributed by atoms with Gasteiger partial charge in [0.2, 0.25) is 5.91 Å². The van der Waals surface area contributed by atoms with Gasteiger partial charge in [0, 0.05) is 12.0 Å². The van der Waals surface area contributed by atoms with E-state index >= 15 is 0 Å². The minimum atomic E-state index is -0.480. The molecular formula is C14H18N4O2.